The summed E-state index contributed by atoms with van der Waals surface area (Å²) in [5.74, 6) is 3.20. The van der Waals surface area contributed by atoms with Gasteiger partial charge in [-0.05, 0) is 93.6 Å². The first-order valence-corrected chi connectivity index (χ1v) is 12.5. The summed E-state index contributed by atoms with van der Waals surface area (Å²) >= 11 is 0. The lowest BCUT2D eigenvalue weighted by Crippen LogP contribution is -2.48. The fourth-order valence-electron chi connectivity index (χ4n) is 8.63. The summed E-state index contributed by atoms with van der Waals surface area (Å²) in [4.78, 5) is 0. The molecule has 170 valence electrons. The molecule has 2 atom stereocenters. The predicted molar refractivity (Wildman–Crippen MR) is 116 cm³/mol. The number of benzene rings is 1. The van der Waals surface area contributed by atoms with Gasteiger partial charge in [-0.1, -0.05) is 0 Å². The molecule has 2 aromatic heterocycles. The van der Waals surface area contributed by atoms with Crippen LogP contribution in [0.1, 0.15) is 86.8 Å². The van der Waals surface area contributed by atoms with Crippen molar-refractivity contribution in [3.63, 3.8) is 0 Å². The van der Waals surface area contributed by atoms with Crippen LogP contribution in [-0.4, -0.2) is 20.0 Å². The van der Waals surface area contributed by atoms with Crippen LogP contribution in [0.2, 0.25) is 0 Å². The molecule has 0 amide bonds. The fraction of sp³-hybridized carbons (Fsp3) is 0.577. The largest absolute Gasteiger partial charge is 0.419 e. The van der Waals surface area contributed by atoms with Gasteiger partial charge < -0.3 is 4.42 Å². The van der Waals surface area contributed by atoms with Crippen LogP contribution < -0.4 is 0 Å². The van der Waals surface area contributed by atoms with E-state index in [1.54, 1.807) is 4.68 Å². The van der Waals surface area contributed by atoms with E-state index in [0.717, 1.165) is 60.2 Å². The van der Waals surface area contributed by atoms with E-state index in [0.29, 0.717) is 23.4 Å². The highest BCUT2D eigenvalue weighted by Gasteiger charge is 2.54. The molecule has 1 aromatic carbocycles. The van der Waals surface area contributed by atoms with Crippen molar-refractivity contribution < 1.29 is 13.2 Å². The van der Waals surface area contributed by atoms with Gasteiger partial charge in [0.1, 0.15) is 11.5 Å². The minimum Gasteiger partial charge on any atom is -0.419 e. The first-order valence-electron chi connectivity index (χ1n) is 12.5. The maximum absolute atomic E-state index is 14.7. The maximum Gasteiger partial charge on any atom is 0.268 e. The standard InChI is InChI=1S/C26H26F2N4O/c27-18-3-4-20(19(28)9-18)32-23-17-2-1-16(8-17)21(23)22(31-32)24-29-30-25(33-24)26-10-13-5-14(11-26)7-15(6-13)12-26/h3-4,9,13-17H,1-2,5-8,10-12H2. The maximum atomic E-state index is 14.7. The lowest BCUT2D eigenvalue weighted by atomic mass is 9.49. The van der Waals surface area contributed by atoms with Crippen LogP contribution in [-0.2, 0) is 5.41 Å². The Morgan fingerprint density at radius 3 is 2.36 bits per heavy atom. The Morgan fingerprint density at radius 2 is 1.64 bits per heavy atom. The van der Waals surface area contributed by atoms with Crippen LogP contribution in [0.3, 0.4) is 0 Å². The van der Waals surface area contributed by atoms with E-state index in [1.165, 1.54) is 50.7 Å². The minimum atomic E-state index is -0.602. The number of halogens is 2. The van der Waals surface area contributed by atoms with Gasteiger partial charge in [0.2, 0.25) is 5.89 Å². The Bertz CT molecular complexity index is 1260. The van der Waals surface area contributed by atoms with Crippen molar-refractivity contribution in [2.45, 2.75) is 75.0 Å². The van der Waals surface area contributed by atoms with E-state index >= 15 is 0 Å². The van der Waals surface area contributed by atoms with Gasteiger partial charge in [0.15, 0.2) is 11.5 Å². The van der Waals surface area contributed by atoms with Crippen LogP contribution in [0.15, 0.2) is 22.6 Å². The van der Waals surface area contributed by atoms with Crippen molar-refractivity contribution in [3.8, 4) is 17.3 Å². The molecule has 0 spiro atoms. The van der Waals surface area contributed by atoms with Crippen molar-refractivity contribution in [2.75, 3.05) is 0 Å². The van der Waals surface area contributed by atoms with Gasteiger partial charge in [-0.25, -0.2) is 13.5 Å². The molecule has 0 saturated heterocycles. The fourth-order valence-corrected chi connectivity index (χ4v) is 8.63. The summed E-state index contributed by atoms with van der Waals surface area (Å²) in [5, 5.41) is 13.9. The highest BCUT2D eigenvalue weighted by Crippen LogP contribution is 2.61. The summed E-state index contributed by atoms with van der Waals surface area (Å²) in [5.41, 5.74) is 3.20. The van der Waals surface area contributed by atoms with Gasteiger partial charge in [-0.3, -0.25) is 0 Å². The molecular formula is C26H26F2N4O. The summed E-state index contributed by atoms with van der Waals surface area (Å²) in [6.07, 6.45) is 10.8. The SMILES string of the molecule is Fc1ccc(-n2nc(-c3nnc(C45CC6CC(CC(C6)C4)C5)o3)c3c2C2CCC3C2)c(F)c1. The summed E-state index contributed by atoms with van der Waals surface area (Å²) < 4.78 is 36.4. The van der Waals surface area contributed by atoms with E-state index in [-0.39, 0.29) is 11.1 Å². The molecule has 3 aromatic rings. The zero-order valence-electron chi connectivity index (χ0n) is 18.4. The van der Waals surface area contributed by atoms with Gasteiger partial charge in [-0.2, -0.15) is 5.10 Å². The Balaban J connectivity index is 1.24. The smallest absolute Gasteiger partial charge is 0.268 e. The second-order valence-corrected chi connectivity index (χ2v) is 11.5. The van der Waals surface area contributed by atoms with E-state index in [2.05, 4.69) is 10.2 Å². The Kier molecular flexibility index (Phi) is 3.59. The molecule has 0 aliphatic heterocycles. The Morgan fingerprint density at radius 1 is 0.909 bits per heavy atom. The molecule has 7 heteroatoms. The van der Waals surface area contributed by atoms with Crippen LogP contribution in [0.4, 0.5) is 8.78 Å². The number of aromatic nitrogens is 4. The normalized spacial score (nSPS) is 35.5. The lowest BCUT2D eigenvalue weighted by Gasteiger charge is -2.55. The molecular weight excluding hydrogens is 422 g/mol. The third-order valence-corrected chi connectivity index (χ3v) is 9.44. The minimum absolute atomic E-state index is 0.0355. The van der Waals surface area contributed by atoms with Crippen molar-refractivity contribution in [1.82, 2.24) is 20.0 Å². The average Bonchev–Trinajstić information content (AvgIpc) is 3.55. The molecule has 0 radical (unpaired) electrons. The average molecular weight is 449 g/mol. The number of fused-ring (bicyclic) bond motifs is 5. The van der Waals surface area contributed by atoms with E-state index in [1.807, 2.05) is 0 Å². The van der Waals surface area contributed by atoms with Crippen molar-refractivity contribution in [2.24, 2.45) is 17.8 Å². The number of hydrogen-bond donors (Lipinski definition) is 0. The second-order valence-electron chi connectivity index (χ2n) is 11.5. The van der Waals surface area contributed by atoms with Gasteiger partial charge >= 0.3 is 0 Å². The highest BCUT2D eigenvalue weighted by molar-refractivity contribution is 5.61. The molecule has 33 heavy (non-hydrogen) atoms. The van der Waals surface area contributed by atoms with Crippen molar-refractivity contribution in [1.29, 1.82) is 0 Å². The second kappa shape index (κ2) is 6.30. The van der Waals surface area contributed by atoms with Crippen LogP contribution in [0.5, 0.6) is 0 Å². The zero-order valence-corrected chi connectivity index (χ0v) is 18.4. The first kappa shape index (κ1) is 18.8. The Labute approximate surface area is 190 Å². The summed E-state index contributed by atoms with van der Waals surface area (Å²) in [6.45, 7) is 0. The van der Waals surface area contributed by atoms with Crippen molar-refractivity contribution in [3.05, 3.63) is 47.0 Å². The molecule has 6 bridgehead atoms. The molecule has 5 fully saturated rings. The van der Waals surface area contributed by atoms with E-state index in [4.69, 9.17) is 9.52 Å². The van der Waals surface area contributed by atoms with Gasteiger partial charge in [-0.15, -0.1) is 10.2 Å². The molecule has 5 saturated carbocycles. The van der Waals surface area contributed by atoms with E-state index in [9.17, 15) is 8.78 Å². The molecule has 0 N–H and O–H groups in total. The van der Waals surface area contributed by atoms with E-state index < -0.39 is 11.6 Å². The monoisotopic (exact) mass is 448 g/mol. The number of rotatable bonds is 3. The number of hydrogen-bond acceptors (Lipinski definition) is 4. The molecule has 6 aliphatic rings. The molecule has 6 aliphatic carbocycles. The third kappa shape index (κ3) is 2.54. The van der Waals surface area contributed by atoms with Gasteiger partial charge in [0.05, 0.1) is 5.69 Å². The topological polar surface area (TPSA) is 56.7 Å². The highest BCUT2D eigenvalue weighted by atomic mass is 19.1. The third-order valence-electron chi connectivity index (χ3n) is 9.44. The summed E-state index contributed by atoms with van der Waals surface area (Å²) in [7, 11) is 0. The van der Waals surface area contributed by atoms with Crippen LogP contribution >= 0.6 is 0 Å². The molecule has 2 unspecified atom stereocenters. The van der Waals surface area contributed by atoms with Crippen LogP contribution in [0.25, 0.3) is 17.3 Å². The van der Waals surface area contributed by atoms with Gasteiger partial charge in [0.25, 0.3) is 5.89 Å². The lowest BCUT2D eigenvalue weighted by molar-refractivity contribution is -0.0176. The number of nitrogens with zero attached hydrogens (tertiary/aromatic N) is 4. The summed E-state index contributed by atoms with van der Waals surface area (Å²) in [6, 6.07) is 3.69. The predicted octanol–water partition coefficient (Wildman–Crippen LogP) is 6.03. The zero-order chi connectivity index (χ0) is 21.9. The Hall–Kier alpha value is -2.57. The molecule has 5 nitrogen and oxygen atoms in total. The molecule has 9 rings (SSSR count). The van der Waals surface area contributed by atoms with Crippen LogP contribution in [0, 0.1) is 29.4 Å². The first-order chi connectivity index (χ1) is 16.1. The van der Waals surface area contributed by atoms with Gasteiger partial charge in [0, 0.05) is 23.0 Å². The molecule has 2 heterocycles. The quantitative estimate of drug-likeness (QED) is 0.491. The van der Waals surface area contributed by atoms with Crippen molar-refractivity contribution >= 4 is 0 Å².